The molecule has 1 amide bonds. The molecule has 5 nitrogen and oxygen atoms in total. The van der Waals surface area contributed by atoms with Crippen molar-refractivity contribution in [3.63, 3.8) is 0 Å². The molecule has 1 fully saturated rings. The molecule has 0 bridgehead atoms. The van der Waals surface area contributed by atoms with Crippen LogP contribution in [-0.4, -0.2) is 48.2 Å². The van der Waals surface area contributed by atoms with E-state index < -0.39 is 24.2 Å². The lowest BCUT2D eigenvalue weighted by Gasteiger charge is -2.33. The molecule has 0 radical (unpaired) electrons. The lowest BCUT2D eigenvalue weighted by atomic mass is 10.1. The van der Waals surface area contributed by atoms with Crippen molar-refractivity contribution in [3.05, 3.63) is 12.7 Å². The third-order valence-electron chi connectivity index (χ3n) is 2.50. The van der Waals surface area contributed by atoms with E-state index in [1.165, 1.54) is 0 Å². The second-order valence-electron chi connectivity index (χ2n) is 5.82. The molecule has 0 unspecified atom stereocenters. The molecular weight excluding hydrogens is 296 g/mol. The van der Waals surface area contributed by atoms with Crippen molar-refractivity contribution in [2.24, 2.45) is 0 Å². The zero-order valence-corrected chi connectivity index (χ0v) is 13.7. The number of rotatable bonds is 2. The average molecular weight is 321 g/mol. The summed E-state index contributed by atoms with van der Waals surface area (Å²) in [6, 6.07) is 0. The topological polar surface area (TPSA) is 55.8 Å². The summed E-state index contributed by atoms with van der Waals surface area (Å²) >= 11 is 0. The first-order valence-corrected chi connectivity index (χ1v) is 7.15. The predicted octanol–water partition coefficient (Wildman–Crippen LogP) is 3.39. The summed E-state index contributed by atoms with van der Waals surface area (Å²) < 4.78 is 35.5. The number of amides is 1. The van der Waals surface area contributed by atoms with Gasteiger partial charge in [0.25, 0.3) is 5.92 Å². The molecule has 7 heteroatoms. The maximum Gasteiger partial charge on any atom is 0.410 e. The normalized spacial score (nSPS) is 16.9. The molecule has 1 aliphatic heterocycles. The highest BCUT2D eigenvalue weighted by molar-refractivity contribution is 5.81. The van der Waals surface area contributed by atoms with Crippen molar-refractivity contribution in [2.45, 2.75) is 52.1 Å². The van der Waals surface area contributed by atoms with Gasteiger partial charge in [0.1, 0.15) is 5.60 Å². The Hall–Kier alpha value is -1.66. The van der Waals surface area contributed by atoms with Crippen LogP contribution < -0.4 is 0 Å². The third kappa shape index (κ3) is 9.31. The highest BCUT2D eigenvalue weighted by Crippen LogP contribution is 2.27. The summed E-state index contributed by atoms with van der Waals surface area (Å²) in [4.78, 5) is 22.6. The van der Waals surface area contributed by atoms with Gasteiger partial charge < -0.3 is 14.4 Å². The Labute approximate surface area is 130 Å². The van der Waals surface area contributed by atoms with E-state index in [4.69, 9.17) is 4.74 Å². The standard InChI is InChI=1S/C10H17F2NO2.C5H8O2/c1-9(2,3)15-8(14)13-6-4-5-10(11,12)7-13;1-3-5(6)7-4-2/h4-7H2,1-3H3;3H,1,4H2,2H3. The first-order valence-electron chi connectivity index (χ1n) is 7.15. The Morgan fingerprint density at radius 2 is 1.95 bits per heavy atom. The van der Waals surface area contributed by atoms with Crippen molar-refractivity contribution in [3.8, 4) is 0 Å². The molecule has 1 rings (SSSR count). The minimum atomic E-state index is -2.77. The fourth-order valence-electron chi connectivity index (χ4n) is 1.65. The number of hydrogen-bond acceptors (Lipinski definition) is 4. The Morgan fingerprint density at radius 1 is 1.36 bits per heavy atom. The molecule has 0 N–H and O–H groups in total. The van der Waals surface area contributed by atoms with E-state index in [1.54, 1.807) is 27.7 Å². The van der Waals surface area contributed by atoms with E-state index in [0.29, 0.717) is 19.6 Å². The molecule has 0 saturated carbocycles. The van der Waals surface area contributed by atoms with Gasteiger partial charge >= 0.3 is 12.1 Å². The summed E-state index contributed by atoms with van der Waals surface area (Å²) in [6.07, 6.45) is 0.670. The molecule has 0 aromatic carbocycles. The van der Waals surface area contributed by atoms with Crippen molar-refractivity contribution in [1.29, 1.82) is 0 Å². The zero-order chi connectivity index (χ0) is 17.4. The number of likely N-dealkylation sites (tertiary alicyclic amines) is 1. The van der Waals surface area contributed by atoms with Gasteiger partial charge in [0.15, 0.2) is 0 Å². The van der Waals surface area contributed by atoms with Crippen LogP contribution in [0.2, 0.25) is 0 Å². The maximum atomic E-state index is 13.0. The lowest BCUT2D eigenvalue weighted by Crippen LogP contribution is -2.47. The molecule has 0 atom stereocenters. The first kappa shape index (κ1) is 20.3. The minimum Gasteiger partial charge on any atom is -0.463 e. The number of nitrogens with zero attached hydrogens (tertiary/aromatic N) is 1. The quantitative estimate of drug-likeness (QED) is 0.578. The van der Waals surface area contributed by atoms with Crippen LogP contribution in [0.4, 0.5) is 13.6 Å². The number of esters is 1. The second kappa shape index (κ2) is 8.70. The van der Waals surface area contributed by atoms with Crippen molar-refractivity contribution >= 4 is 12.1 Å². The highest BCUT2D eigenvalue weighted by atomic mass is 19.3. The van der Waals surface area contributed by atoms with E-state index in [-0.39, 0.29) is 12.4 Å². The van der Waals surface area contributed by atoms with Crippen molar-refractivity contribution in [2.75, 3.05) is 19.7 Å². The summed E-state index contributed by atoms with van der Waals surface area (Å²) in [5, 5.41) is 0. The van der Waals surface area contributed by atoms with E-state index >= 15 is 0 Å². The SMILES string of the molecule is C=CC(=O)OCC.CC(C)(C)OC(=O)N1CCCC(F)(F)C1. The van der Waals surface area contributed by atoms with E-state index in [0.717, 1.165) is 11.0 Å². The monoisotopic (exact) mass is 321 g/mol. The summed E-state index contributed by atoms with van der Waals surface area (Å²) in [6.45, 7) is 10.3. The Balaban J connectivity index is 0.000000534. The van der Waals surface area contributed by atoms with Crippen molar-refractivity contribution < 1.29 is 27.8 Å². The van der Waals surface area contributed by atoms with Crippen LogP contribution in [0.3, 0.4) is 0 Å². The number of hydrogen-bond donors (Lipinski definition) is 0. The minimum absolute atomic E-state index is 0.147. The van der Waals surface area contributed by atoms with Crippen LogP contribution in [0.1, 0.15) is 40.5 Å². The van der Waals surface area contributed by atoms with Gasteiger partial charge in [0.2, 0.25) is 0 Å². The molecule has 0 aromatic rings. The fraction of sp³-hybridized carbons (Fsp3) is 0.733. The van der Waals surface area contributed by atoms with Gasteiger partial charge in [0.05, 0.1) is 13.2 Å². The molecule has 0 aliphatic carbocycles. The van der Waals surface area contributed by atoms with Gasteiger partial charge in [-0.05, 0) is 34.1 Å². The maximum absolute atomic E-state index is 13.0. The molecule has 22 heavy (non-hydrogen) atoms. The van der Waals surface area contributed by atoms with Crippen LogP contribution in [-0.2, 0) is 14.3 Å². The molecule has 1 heterocycles. The number of carbonyl (C=O) groups excluding carboxylic acids is 2. The van der Waals surface area contributed by atoms with E-state index in [1.807, 2.05) is 0 Å². The van der Waals surface area contributed by atoms with Gasteiger partial charge in [0, 0.05) is 19.0 Å². The number of piperidine rings is 1. The third-order valence-corrected chi connectivity index (χ3v) is 2.50. The van der Waals surface area contributed by atoms with Crippen LogP contribution in [0, 0.1) is 0 Å². The van der Waals surface area contributed by atoms with Gasteiger partial charge in [-0.3, -0.25) is 0 Å². The summed E-state index contributed by atoms with van der Waals surface area (Å²) in [5.41, 5.74) is -0.635. The van der Waals surface area contributed by atoms with Gasteiger partial charge in [-0.25, -0.2) is 18.4 Å². The van der Waals surface area contributed by atoms with Crippen LogP contribution in [0.25, 0.3) is 0 Å². The summed E-state index contributed by atoms with van der Waals surface area (Å²) in [5.74, 6) is -3.13. The Bertz CT molecular complexity index is 391. The van der Waals surface area contributed by atoms with E-state index in [9.17, 15) is 18.4 Å². The van der Waals surface area contributed by atoms with Crippen molar-refractivity contribution in [1.82, 2.24) is 4.90 Å². The molecule has 128 valence electrons. The zero-order valence-electron chi connectivity index (χ0n) is 13.7. The van der Waals surface area contributed by atoms with Gasteiger partial charge in [-0.2, -0.15) is 0 Å². The number of carbonyl (C=O) groups is 2. The number of alkyl halides is 2. The highest BCUT2D eigenvalue weighted by Gasteiger charge is 2.38. The van der Waals surface area contributed by atoms with Crippen LogP contribution >= 0.6 is 0 Å². The second-order valence-corrected chi connectivity index (χ2v) is 5.82. The molecular formula is C15H25F2NO4. The van der Waals surface area contributed by atoms with Gasteiger partial charge in [-0.1, -0.05) is 6.58 Å². The molecule has 1 saturated heterocycles. The average Bonchev–Trinajstić information content (AvgIpc) is 2.36. The molecule has 1 aliphatic rings. The van der Waals surface area contributed by atoms with Crippen LogP contribution in [0.15, 0.2) is 12.7 Å². The first-order chi connectivity index (χ1) is 10.0. The molecule has 0 spiro atoms. The summed E-state index contributed by atoms with van der Waals surface area (Å²) in [7, 11) is 0. The fourth-order valence-corrected chi connectivity index (χ4v) is 1.65. The lowest BCUT2D eigenvalue weighted by molar-refractivity contribution is -0.137. The predicted molar refractivity (Wildman–Crippen MR) is 78.8 cm³/mol. The number of ether oxygens (including phenoxy) is 2. The Kier molecular flexibility index (Phi) is 8.05. The van der Waals surface area contributed by atoms with Crippen LogP contribution in [0.5, 0.6) is 0 Å². The van der Waals surface area contributed by atoms with E-state index in [2.05, 4.69) is 11.3 Å². The largest absolute Gasteiger partial charge is 0.463 e. The van der Waals surface area contributed by atoms with Gasteiger partial charge in [-0.15, -0.1) is 0 Å². The smallest absolute Gasteiger partial charge is 0.410 e. The Morgan fingerprint density at radius 3 is 2.32 bits per heavy atom. The molecule has 0 aromatic heterocycles. The number of halogens is 2.